The number of rotatable bonds is 5. The highest BCUT2D eigenvalue weighted by molar-refractivity contribution is 7.71. The summed E-state index contributed by atoms with van der Waals surface area (Å²) in [5.41, 5.74) is 1.83. The number of hydrogen-bond acceptors (Lipinski definition) is 4. The van der Waals surface area contributed by atoms with E-state index < -0.39 is 0 Å². The third kappa shape index (κ3) is 4.04. The average Bonchev–Trinajstić information content (AvgIpc) is 3.00. The molecule has 1 N–H and O–H groups in total. The number of halogens is 1. The molecule has 1 aromatic heterocycles. The Kier molecular flexibility index (Phi) is 5.42. The third-order valence-corrected chi connectivity index (χ3v) is 3.95. The van der Waals surface area contributed by atoms with Crippen molar-refractivity contribution in [2.24, 2.45) is 5.10 Å². The minimum Gasteiger partial charge on any atom is -0.496 e. The molecule has 0 aliphatic carbocycles. The number of ether oxygens (including phenoxy) is 1. The van der Waals surface area contributed by atoms with E-state index in [-0.39, 0.29) is 0 Å². The molecule has 0 atom stereocenters. The first kappa shape index (κ1) is 17.1. The Morgan fingerprint density at radius 1 is 1.20 bits per heavy atom. The zero-order valence-corrected chi connectivity index (χ0v) is 15.0. The van der Waals surface area contributed by atoms with Crippen molar-refractivity contribution in [1.82, 2.24) is 14.9 Å². The van der Waals surface area contributed by atoms with Crippen LogP contribution in [0.5, 0.6) is 5.75 Å². The van der Waals surface area contributed by atoms with Crippen molar-refractivity contribution in [2.45, 2.75) is 0 Å². The molecule has 0 saturated carbocycles. The molecular weight excluding hydrogens is 356 g/mol. The Morgan fingerprint density at radius 3 is 2.72 bits per heavy atom. The van der Waals surface area contributed by atoms with Gasteiger partial charge in [-0.25, -0.2) is 5.10 Å². The van der Waals surface area contributed by atoms with Gasteiger partial charge in [0.2, 0.25) is 4.77 Å². The number of allylic oxidation sites excluding steroid dienone is 1. The van der Waals surface area contributed by atoms with Gasteiger partial charge in [0.15, 0.2) is 5.82 Å². The van der Waals surface area contributed by atoms with Crippen LogP contribution in [0.3, 0.4) is 0 Å². The molecule has 0 fully saturated rings. The number of nitrogens with zero attached hydrogens (tertiary/aromatic N) is 3. The van der Waals surface area contributed by atoms with Gasteiger partial charge in [0, 0.05) is 22.4 Å². The Balaban J connectivity index is 1.85. The number of hydrogen-bond donors (Lipinski definition) is 1. The highest BCUT2D eigenvalue weighted by Gasteiger charge is 2.07. The molecule has 3 aromatic rings. The summed E-state index contributed by atoms with van der Waals surface area (Å²) in [6.45, 7) is 0. The first-order valence-corrected chi connectivity index (χ1v) is 8.25. The molecule has 2 aromatic carbocycles. The summed E-state index contributed by atoms with van der Waals surface area (Å²) < 4.78 is 7.28. The largest absolute Gasteiger partial charge is 0.496 e. The summed E-state index contributed by atoms with van der Waals surface area (Å²) in [6, 6.07) is 15.1. The van der Waals surface area contributed by atoms with E-state index in [0.717, 1.165) is 16.9 Å². The second-order valence-corrected chi connectivity index (χ2v) is 5.86. The van der Waals surface area contributed by atoms with E-state index in [2.05, 4.69) is 15.3 Å². The Labute approximate surface area is 155 Å². The normalized spacial score (nSPS) is 11.4. The zero-order chi connectivity index (χ0) is 17.6. The van der Waals surface area contributed by atoms with Crippen LogP contribution in [-0.2, 0) is 0 Å². The summed E-state index contributed by atoms with van der Waals surface area (Å²) in [5, 5.41) is 12.0. The Hall–Kier alpha value is -2.70. The lowest BCUT2D eigenvalue weighted by Gasteiger charge is -2.02. The molecule has 5 nitrogen and oxygen atoms in total. The van der Waals surface area contributed by atoms with Gasteiger partial charge >= 0.3 is 0 Å². The molecule has 1 heterocycles. The lowest BCUT2D eigenvalue weighted by Crippen LogP contribution is -1.93. The molecule has 0 radical (unpaired) electrons. The van der Waals surface area contributed by atoms with E-state index in [1.807, 2.05) is 48.6 Å². The summed E-state index contributed by atoms with van der Waals surface area (Å²) >= 11 is 11.2. The number of methoxy groups -OCH3 is 1. The predicted molar refractivity (Wildman–Crippen MR) is 104 cm³/mol. The van der Waals surface area contributed by atoms with Crippen molar-refractivity contribution in [3.8, 4) is 17.1 Å². The third-order valence-electron chi connectivity index (χ3n) is 3.44. The van der Waals surface area contributed by atoms with Crippen molar-refractivity contribution in [3.05, 3.63) is 70.0 Å². The minimum atomic E-state index is 0.409. The highest BCUT2D eigenvalue weighted by Crippen LogP contribution is 2.20. The molecule has 126 valence electrons. The van der Waals surface area contributed by atoms with Crippen LogP contribution in [0.4, 0.5) is 0 Å². The summed E-state index contributed by atoms with van der Waals surface area (Å²) in [6.07, 6.45) is 5.38. The summed E-state index contributed by atoms with van der Waals surface area (Å²) in [5.74, 6) is 1.41. The smallest absolute Gasteiger partial charge is 0.216 e. The molecule has 25 heavy (non-hydrogen) atoms. The van der Waals surface area contributed by atoms with Gasteiger partial charge in [-0.05, 0) is 54.7 Å². The van der Waals surface area contributed by atoms with Crippen LogP contribution in [0.25, 0.3) is 17.5 Å². The first-order chi connectivity index (χ1) is 12.2. The van der Waals surface area contributed by atoms with E-state index in [0.29, 0.717) is 15.6 Å². The Bertz CT molecular complexity index is 973. The maximum Gasteiger partial charge on any atom is 0.216 e. The maximum atomic E-state index is 5.92. The van der Waals surface area contributed by atoms with E-state index in [1.54, 1.807) is 30.1 Å². The van der Waals surface area contributed by atoms with Gasteiger partial charge in [-0.2, -0.15) is 14.9 Å². The van der Waals surface area contributed by atoms with Crippen LogP contribution >= 0.6 is 23.8 Å². The molecule has 7 heteroatoms. The number of H-pyrrole nitrogens is 1. The summed E-state index contributed by atoms with van der Waals surface area (Å²) in [4.78, 5) is 0. The van der Waals surface area contributed by atoms with Crippen molar-refractivity contribution in [2.75, 3.05) is 7.11 Å². The number of aromatic nitrogens is 3. The van der Waals surface area contributed by atoms with Crippen molar-refractivity contribution in [3.63, 3.8) is 0 Å². The molecule has 3 rings (SSSR count). The number of nitrogens with one attached hydrogen (secondary N) is 1. The van der Waals surface area contributed by atoms with Gasteiger partial charge < -0.3 is 4.74 Å². The van der Waals surface area contributed by atoms with Gasteiger partial charge in [0.05, 0.1) is 7.11 Å². The zero-order valence-electron chi connectivity index (χ0n) is 13.4. The molecule has 0 aliphatic heterocycles. The molecule has 0 amide bonds. The van der Waals surface area contributed by atoms with Crippen LogP contribution in [-0.4, -0.2) is 28.2 Å². The monoisotopic (exact) mass is 370 g/mol. The SMILES string of the molecule is COc1ccccc1C=CC=Nn1c(-c2ccc(Cl)cc2)n[nH]c1=S. The fraction of sp³-hybridized carbons (Fsp3) is 0.0556. The number of aromatic amines is 1. The first-order valence-electron chi connectivity index (χ1n) is 7.46. The van der Waals surface area contributed by atoms with Crippen LogP contribution in [0, 0.1) is 4.77 Å². The van der Waals surface area contributed by atoms with Crippen molar-refractivity contribution < 1.29 is 4.74 Å². The second-order valence-electron chi connectivity index (χ2n) is 5.04. The fourth-order valence-electron chi connectivity index (χ4n) is 2.24. The number of para-hydroxylation sites is 1. The molecule has 0 saturated heterocycles. The van der Waals surface area contributed by atoms with E-state index in [1.165, 1.54) is 0 Å². The number of benzene rings is 2. The predicted octanol–water partition coefficient (Wildman–Crippen LogP) is 4.82. The van der Waals surface area contributed by atoms with E-state index >= 15 is 0 Å². The van der Waals surface area contributed by atoms with Crippen LogP contribution < -0.4 is 4.74 Å². The minimum absolute atomic E-state index is 0.409. The maximum absolute atomic E-state index is 5.92. The molecule has 0 spiro atoms. The van der Waals surface area contributed by atoms with Crippen LogP contribution in [0.1, 0.15) is 5.56 Å². The van der Waals surface area contributed by atoms with Gasteiger partial charge in [-0.3, -0.25) is 0 Å². The lowest BCUT2D eigenvalue weighted by molar-refractivity contribution is 0.414. The van der Waals surface area contributed by atoms with Gasteiger partial charge in [-0.15, -0.1) is 0 Å². The van der Waals surface area contributed by atoms with Crippen LogP contribution in [0.15, 0.2) is 59.7 Å². The quantitative estimate of drug-likeness (QED) is 0.517. The van der Waals surface area contributed by atoms with Crippen molar-refractivity contribution in [1.29, 1.82) is 0 Å². The molecular formula is C18H15ClN4OS. The standard InChI is InChI=1S/C18H15ClN4OS/c1-24-16-7-3-2-5-13(16)6-4-12-20-23-17(21-22-18(23)25)14-8-10-15(19)11-9-14/h2-12H,1H3,(H,22,25). The topological polar surface area (TPSA) is 55.2 Å². The lowest BCUT2D eigenvalue weighted by atomic mass is 10.2. The van der Waals surface area contributed by atoms with Gasteiger partial charge in [-0.1, -0.05) is 29.8 Å². The van der Waals surface area contributed by atoms with Gasteiger partial charge in [0.1, 0.15) is 5.75 Å². The molecule has 0 aliphatic rings. The highest BCUT2D eigenvalue weighted by atomic mass is 35.5. The van der Waals surface area contributed by atoms with Gasteiger partial charge in [0.25, 0.3) is 0 Å². The van der Waals surface area contributed by atoms with Crippen molar-refractivity contribution >= 4 is 36.1 Å². The molecule has 0 bridgehead atoms. The van der Waals surface area contributed by atoms with E-state index in [9.17, 15) is 0 Å². The fourth-order valence-corrected chi connectivity index (χ4v) is 2.55. The Morgan fingerprint density at radius 2 is 1.96 bits per heavy atom. The average molecular weight is 371 g/mol. The van der Waals surface area contributed by atoms with Crippen LogP contribution in [0.2, 0.25) is 5.02 Å². The molecule has 0 unspecified atom stereocenters. The second kappa shape index (κ2) is 7.92. The van der Waals surface area contributed by atoms with E-state index in [4.69, 9.17) is 28.6 Å². The summed E-state index contributed by atoms with van der Waals surface area (Å²) in [7, 11) is 1.64.